The zero-order chi connectivity index (χ0) is 12.8. The topological polar surface area (TPSA) is 46.5 Å². The fraction of sp³-hybridized carbons (Fsp3) is 0.615. The van der Waals surface area contributed by atoms with Crippen LogP contribution in [-0.4, -0.2) is 22.8 Å². The fourth-order valence-corrected chi connectivity index (χ4v) is 1.52. The Balaban J connectivity index is 4.92. The van der Waals surface area contributed by atoms with Crippen LogP contribution in [0.2, 0.25) is 0 Å². The molecule has 0 rings (SSSR count). The number of hydrogen-bond donors (Lipinski definition) is 1. The summed E-state index contributed by atoms with van der Waals surface area (Å²) in [4.78, 5) is 11.8. The van der Waals surface area contributed by atoms with Crippen LogP contribution >= 0.6 is 0 Å². The molecule has 0 amide bonds. The number of carbonyl (C=O) groups is 1. The number of hydrogen-bond acceptors (Lipinski definition) is 3. The average Bonchev–Trinajstić information content (AvgIpc) is 2.23. The summed E-state index contributed by atoms with van der Waals surface area (Å²) in [7, 11) is 0. The molecule has 1 N–H and O–H groups in total. The minimum atomic E-state index is -1.66. The second-order valence-corrected chi connectivity index (χ2v) is 4.11. The van der Waals surface area contributed by atoms with E-state index in [1.54, 1.807) is 19.9 Å². The van der Waals surface area contributed by atoms with Crippen molar-refractivity contribution in [2.75, 3.05) is 0 Å². The molecule has 16 heavy (non-hydrogen) atoms. The van der Waals surface area contributed by atoms with Gasteiger partial charge in [-0.3, -0.25) is 0 Å². The van der Waals surface area contributed by atoms with E-state index in [0.29, 0.717) is 6.42 Å². The Hall–Kier alpha value is -1.09. The van der Waals surface area contributed by atoms with Crippen LogP contribution in [0.1, 0.15) is 33.6 Å². The number of aliphatic hydroxyl groups is 1. The van der Waals surface area contributed by atoms with E-state index in [9.17, 15) is 9.90 Å². The zero-order valence-electron chi connectivity index (χ0n) is 10.4. The predicted molar refractivity (Wildman–Crippen MR) is 65.0 cm³/mol. The van der Waals surface area contributed by atoms with Crippen LogP contribution in [0, 0.1) is 5.92 Å². The van der Waals surface area contributed by atoms with Crippen LogP contribution in [0.4, 0.5) is 0 Å². The maximum Gasteiger partial charge on any atom is 0.343 e. The molecule has 3 nitrogen and oxygen atoms in total. The molecule has 0 aliphatic heterocycles. The molecule has 0 aromatic carbocycles. The van der Waals surface area contributed by atoms with Gasteiger partial charge in [0.1, 0.15) is 0 Å². The summed E-state index contributed by atoms with van der Waals surface area (Å²) in [5.74, 6) is -1.02. The van der Waals surface area contributed by atoms with Gasteiger partial charge in [0.15, 0.2) is 5.60 Å². The Morgan fingerprint density at radius 3 is 2.38 bits per heavy atom. The summed E-state index contributed by atoms with van der Waals surface area (Å²) in [5.41, 5.74) is -1.66. The van der Waals surface area contributed by atoms with Crippen molar-refractivity contribution in [1.29, 1.82) is 0 Å². The number of rotatable bonds is 7. The smallest absolute Gasteiger partial charge is 0.343 e. The van der Waals surface area contributed by atoms with Crippen LogP contribution < -0.4 is 0 Å². The van der Waals surface area contributed by atoms with Gasteiger partial charge in [-0.2, -0.15) is 0 Å². The lowest BCUT2D eigenvalue weighted by molar-refractivity contribution is -0.168. The van der Waals surface area contributed by atoms with Crippen molar-refractivity contribution in [1.82, 2.24) is 0 Å². The van der Waals surface area contributed by atoms with Crippen LogP contribution in [0.25, 0.3) is 0 Å². The Bertz CT molecular complexity index is 258. The lowest BCUT2D eigenvalue weighted by Crippen LogP contribution is -2.45. The number of ether oxygens (including phenoxy) is 1. The molecule has 0 spiro atoms. The molecule has 3 heteroatoms. The molecule has 0 aliphatic rings. The largest absolute Gasteiger partial charge is 0.461 e. The summed E-state index contributed by atoms with van der Waals surface area (Å²) in [6.07, 6.45) is 4.07. The van der Waals surface area contributed by atoms with Crippen molar-refractivity contribution in [3.05, 3.63) is 25.3 Å². The highest BCUT2D eigenvalue weighted by molar-refractivity contribution is 5.82. The highest BCUT2D eigenvalue weighted by Crippen LogP contribution is 2.26. The van der Waals surface area contributed by atoms with Crippen molar-refractivity contribution in [2.24, 2.45) is 5.92 Å². The Kier molecular flexibility index (Phi) is 6.04. The summed E-state index contributed by atoms with van der Waals surface area (Å²) in [6, 6.07) is 0. The zero-order valence-corrected chi connectivity index (χ0v) is 10.4. The van der Waals surface area contributed by atoms with E-state index in [4.69, 9.17) is 4.74 Å². The highest BCUT2D eigenvalue weighted by atomic mass is 16.6. The van der Waals surface area contributed by atoms with Crippen molar-refractivity contribution < 1.29 is 14.6 Å². The third-order valence-electron chi connectivity index (χ3n) is 2.43. The quantitative estimate of drug-likeness (QED) is 0.536. The van der Waals surface area contributed by atoms with Gasteiger partial charge >= 0.3 is 5.97 Å². The SMILES string of the molecule is C=C[C@@H](CCC)[C@](O)(C=C)C(=O)OC(C)C. The van der Waals surface area contributed by atoms with E-state index in [2.05, 4.69) is 13.2 Å². The molecule has 0 unspecified atom stereocenters. The molecular weight excluding hydrogens is 204 g/mol. The first kappa shape index (κ1) is 14.9. The van der Waals surface area contributed by atoms with Crippen molar-refractivity contribution >= 4 is 5.97 Å². The van der Waals surface area contributed by atoms with Gasteiger partial charge in [-0.05, 0) is 26.3 Å². The van der Waals surface area contributed by atoms with Crippen molar-refractivity contribution in [3.8, 4) is 0 Å². The van der Waals surface area contributed by atoms with Crippen molar-refractivity contribution in [2.45, 2.75) is 45.3 Å². The van der Waals surface area contributed by atoms with Gasteiger partial charge in [-0.15, -0.1) is 6.58 Å². The van der Waals surface area contributed by atoms with Gasteiger partial charge in [0.25, 0.3) is 0 Å². The van der Waals surface area contributed by atoms with Crippen LogP contribution in [0.5, 0.6) is 0 Å². The number of esters is 1. The van der Waals surface area contributed by atoms with Crippen molar-refractivity contribution in [3.63, 3.8) is 0 Å². The van der Waals surface area contributed by atoms with Crippen LogP contribution in [0.3, 0.4) is 0 Å². The Labute approximate surface area is 97.8 Å². The molecule has 0 saturated carbocycles. The summed E-state index contributed by atoms with van der Waals surface area (Å²) < 4.78 is 5.03. The van der Waals surface area contributed by atoms with Gasteiger partial charge in [0.05, 0.1) is 6.10 Å². The van der Waals surface area contributed by atoms with Gasteiger partial charge in [0, 0.05) is 5.92 Å². The molecule has 0 heterocycles. The Morgan fingerprint density at radius 2 is 2.06 bits per heavy atom. The molecule has 0 aliphatic carbocycles. The first-order valence-electron chi connectivity index (χ1n) is 5.61. The molecule has 0 aromatic heterocycles. The fourth-order valence-electron chi connectivity index (χ4n) is 1.52. The second kappa shape index (κ2) is 6.48. The predicted octanol–water partition coefficient (Wildman–Crippen LogP) is 2.46. The minimum absolute atomic E-state index is 0.258. The third-order valence-corrected chi connectivity index (χ3v) is 2.43. The van der Waals surface area contributed by atoms with Crippen LogP contribution in [0.15, 0.2) is 25.3 Å². The molecule has 0 fully saturated rings. The maximum atomic E-state index is 11.8. The maximum absolute atomic E-state index is 11.8. The van der Waals surface area contributed by atoms with E-state index in [1.807, 2.05) is 6.92 Å². The third kappa shape index (κ3) is 3.49. The summed E-state index contributed by atoms with van der Waals surface area (Å²) in [5, 5.41) is 10.3. The average molecular weight is 226 g/mol. The molecule has 0 aromatic rings. The van der Waals surface area contributed by atoms with Gasteiger partial charge < -0.3 is 9.84 Å². The summed E-state index contributed by atoms with van der Waals surface area (Å²) >= 11 is 0. The Morgan fingerprint density at radius 1 is 1.50 bits per heavy atom. The molecular formula is C13H22O3. The van der Waals surface area contributed by atoms with E-state index in [0.717, 1.165) is 6.42 Å². The van der Waals surface area contributed by atoms with Gasteiger partial charge in [-0.25, -0.2) is 4.79 Å². The van der Waals surface area contributed by atoms with Gasteiger partial charge in [0.2, 0.25) is 0 Å². The normalized spacial score (nSPS) is 16.3. The molecule has 2 atom stereocenters. The monoisotopic (exact) mass is 226 g/mol. The lowest BCUT2D eigenvalue weighted by Gasteiger charge is -2.29. The standard InChI is InChI=1S/C13H22O3/c1-6-9-11(7-2)13(15,8-3)12(14)16-10(4)5/h7-8,10-11,15H,2-3,6,9H2,1,4-5H3/t11-,13+/m0/s1. The van der Waals surface area contributed by atoms with Crippen LogP contribution in [-0.2, 0) is 9.53 Å². The first-order valence-corrected chi connectivity index (χ1v) is 5.61. The van der Waals surface area contributed by atoms with E-state index >= 15 is 0 Å². The molecule has 92 valence electrons. The second-order valence-electron chi connectivity index (χ2n) is 4.11. The highest BCUT2D eigenvalue weighted by Gasteiger charge is 2.41. The molecule has 0 saturated heterocycles. The van der Waals surface area contributed by atoms with E-state index < -0.39 is 11.6 Å². The van der Waals surface area contributed by atoms with E-state index in [1.165, 1.54) is 6.08 Å². The first-order chi connectivity index (χ1) is 7.42. The minimum Gasteiger partial charge on any atom is -0.461 e. The lowest BCUT2D eigenvalue weighted by atomic mass is 9.84. The van der Waals surface area contributed by atoms with Gasteiger partial charge in [-0.1, -0.05) is 26.0 Å². The summed E-state index contributed by atoms with van der Waals surface area (Å²) in [6.45, 7) is 12.6. The van der Waals surface area contributed by atoms with E-state index in [-0.39, 0.29) is 12.0 Å². The molecule has 0 bridgehead atoms. The number of carbonyl (C=O) groups excluding carboxylic acids is 1. The molecule has 0 radical (unpaired) electrons.